The number of carbonyl (C=O) groups is 1. The van der Waals surface area contributed by atoms with Crippen LogP contribution in [0, 0.1) is 11.8 Å². The molecule has 0 aromatic heterocycles. The summed E-state index contributed by atoms with van der Waals surface area (Å²) in [5, 5.41) is 0. The van der Waals surface area contributed by atoms with Crippen LogP contribution < -0.4 is 0 Å². The predicted molar refractivity (Wildman–Crippen MR) is 46.3 cm³/mol. The van der Waals surface area contributed by atoms with Gasteiger partial charge in [-0.15, -0.1) is 0 Å². The molecule has 11 heavy (non-hydrogen) atoms. The fourth-order valence-electron chi connectivity index (χ4n) is 1.55. The third-order valence-corrected chi connectivity index (χ3v) is 2.65. The number of hydrogen-bond acceptors (Lipinski definition) is 1. The highest BCUT2D eigenvalue weighted by atomic mass is 16.1. The number of hydrogen-bond donors (Lipinski definition) is 0. The third-order valence-electron chi connectivity index (χ3n) is 2.65. The molecule has 0 aromatic carbocycles. The Morgan fingerprint density at radius 3 is 3.00 bits per heavy atom. The number of ketones is 1. The van der Waals surface area contributed by atoms with Gasteiger partial charge in [0.1, 0.15) is 0 Å². The molecule has 0 bridgehead atoms. The van der Waals surface area contributed by atoms with E-state index in [0.29, 0.717) is 17.6 Å². The van der Waals surface area contributed by atoms with Crippen molar-refractivity contribution in [3.63, 3.8) is 0 Å². The molecule has 0 N–H and O–H groups in total. The van der Waals surface area contributed by atoms with Gasteiger partial charge >= 0.3 is 0 Å². The summed E-state index contributed by atoms with van der Waals surface area (Å²) < 4.78 is 0. The van der Waals surface area contributed by atoms with Gasteiger partial charge in [0.25, 0.3) is 0 Å². The van der Waals surface area contributed by atoms with Crippen LogP contribution in [0.5, 0.6) is 0 Å². The van der Waals surface area contributed by atoms with Crippen LogP contribution in [0.15, 0.2) is 12.2 Å². The largest absolute Gasteiger partial charge is 0.295 e. The Labute approximate surface area is 68.5 Å². The van der Waals surface area contributed by atoms with Gasteiger partial charge in [-0.1, -0.05) is 26.3 Å². The molecule has 0 aromatic rings. The second-order valence-electron chi connectivity index (χ2n) is 3.45. The highest BCUT2D eigenvalue weighted by Crippen LogP contribution is 2.25. The maximum absolute atomic E-state index is 11.0. The Morgan fingerprint density at radius 2 is 2.45 bits per heavy atom. The van der Waals surface area contributed by atoms with Crippen LogP contribution in [0.2, 0.25) is 0 Å². The van der Waals surface area contributed by atoms with E-state index in [9.17, 15) is 4.79 Å². The van der Waals surface area contributed by atoms with Crippen molar-refractivity contribution in [3.05, 3.63) is 12.2 Å². The lowest BCUT2D eigenvalue weighted by Gasteiger charge is -2.22. The van der Waals surface area contributed by atoms with E-state index in [4.69, 9.17) is 0 Å². The molecule has 0 aliphatic heterocycles. The molecule has 1 nitrogen and oxygen atoms in total. The molecule has 0 amide bonds. The summed E-state index contributed by atoms with van der Waals surface area (Å²) in [5.41, 5.74) is 0. The SMILES string of the molecule is CCC(C)[C@H]1CC=CC(=O)C1. The highest BCUT2D eigenvalue weighted by molar-refractivity contribution is 5.90. The average Bonchev–Trinajstić information content (AvgIpc) is 2.03. The Balaban J connectivity index is 2.49. The lowest BCUT2D eigenvalue weighted by Crippen LogP contribution is -2.17. The Bertz CT molecular complexity index is 170. The van der Waals surface area contributed by atoms with E-state index in [1.54, 1.807) is 6.08 Å². The fraction of sp³-hybridized carbons (Fsp3) is 0.700. The first-order chi connectivity index (χ1) is 5.24. The van der Waals surface area contributed by atoms with Gasteiger partial charge in [0.15, 0.2) is 5.78 Å². The van der Waals surface area contributed by atoms with Gasteiger partial charge in [-0.05, 0) is 24.3 Å². The zero-order valence-corrected chi connectivity index (χ0v) is 7.34. The second-order valence-corrected chi connectivity index (χ2v) is 3.45. The molecule has 1 rings (SSSR count). The van der Waals surface area contributed by atoms with E-state index in [0.717, 1.165) is 12.8 Å². The van der Waals surface area contributed by atoms with Gasteiger partial charge in [-0.25, -0.2) is 0 Å². The minimum absolute atomic E-state index is 0.307. The van der Waals surface area contributed by atoms with Gasteiger partial charge in [-0.3, -0.25) is 4.79 Å². The van der Waals surface area contributed by atoms with E-state index in [-0.39, 0.29) is 0 Å². The summed E-state index contributed by atoms with van der Waals surface area (Å²) in [6.45, 7) is 4.42. The minimum atomic E-state index is 0.307. The molecule has 0 fully saturated rings. The third kappa shape index (κ3) is 2.18. The van der Waals surface area contributed by atoms with Crippen molar-refractivity contribution < 1.29 is 4.79 Å². The van der Waals surface area contributed by atoms with Gasteiger partial charge in [0, 0.05) is 6.42 Å². The van der Waals surface area contributed by atoms with E-state index in [1.807, 2.05) is 6.08 Å². The summed E-state index contributed by atoms with van der Waals surface area (Å²) in [6.07, 6.45) is 6.79. The van der Waals surface area contributed by atoms with Crippen molar-refractivity contribution in [1.82, 2.24) is 0 Å². The molecule has 62 valence electrons. The highest BCUT2D eigenvalue weighted by Gasteiger charge is 2.19. The summed E-state index contributed by atoms with van der Waals surface area (Å²) in [6, 6.07) is 0. The minimum Gasteiger partial charge on any atom is -0.295 e. The first kappa shape index (κ1) is 8.51. The van der Waals surface area contributed by atoms with Crippen LogP contribution in [-0.4, -0.2) is 5.78 Å². The Morgan fingerprint density at radius 1 is 1.73 bits per heavy atom. The topological polar surface area (TPSA) is 17.1 Å². The van der Waals surface area contributed by atoms with Crippen molar-refractivity contribution in [2.24, 2.45) is 11.8 Å². The second kappa shape index (κ2) is 3.70. The normalized spacial score (nSPS) is 27.1. The van der Waals surface area contributed by atoms with Crippen molar-refractivity contribution in [2.75, 3.05) is 0 Å². The molecule has 1 aliphatic rings. The molecule has 1 unspecified atom stereocenters. The summed E-state index contributed by atoms with van der Waals surface area (Å²) in [4.78, 5) is 11.0. The molecule has 1 aliphatic carbocycles. The smallest absolute Gasteiger partial charge is 0.155 e. The van der Waals surface area contributed by atoms with Crippen LogP contribution in [0.1, 0.15) is 33.1 Å². The van der Waals surface area contributed by atoms with Crippen LogP contribution in [0.4, 0.5) is 0 Å². The fourth-order valence-corrected chi connectivity index (χ4v) is 1.55. The zero-order chi connectivity index (χ0) is 8.27. The Hall–Kier alpha value is -0.590. The van der Waals surface area contributed by atoms with Crippen LogP contribution in [0.25, 0.3) is 0 Å². The molecule has 0 saturated carbocycles. The molecular weight excluding hydrogens is 136 g/mol. The number of rotatable bonds is 2. The maximum Gasteiger partial charge on any atom is 0.155 e. The van der Waals surface area contributed by atoms with Gasteiger partial charge in [-0.2, -0.15) is 0 Å². The quantitative estimate of drug-likeness (QED) is 0.594. The van der Waals surface area contributed by atoms with E-state index in [1.165, 1.54) is 6.42 Å². The lowest BCUT2D eigenvalue weighted by molar-refractivity contribution is -0.116. The van der Waals surface area contributed by atoms with Crippen molar-refractivity contribution in [1.29, 1.82) is 0 Å². The van der Waals surface area contributed by atoms with E-state index >= 15 is 0 Å². The van der Waals surface area contributed by atoms with Crippen LogP contribution >= 0.6 is 0 Å². The maximum atomic E-state index is 11.0. The predicted octanol–water partition coefficient (Wildman–Crippen LogP) is 2.57. The Kier molecular flexibility index (Phi) is 2.86. The molecule has 1 heteroatoms. The van der Waals surface area contributed by atoms with E-state index in [2.05, 4.69) is 13.8 Å². The van der Waals surface area contributed by atoms with Crippen LogP contribution in [0.3, 0.4) is 0 Å². The number of carbonyl (C=O) groups excluding carboxylic acids is 1. The van der Waals surface area contributed by atoms with Gasteiger partial charge < -0.3 is 0 Å². The first-order valence-corrected chi connectivity index (χ1v) is 4.43. The lowest BCUT2D eigenvalue weighted by atomic mass is 9.82. The van der Waals surface area contributed by atoms with Crippen LogP contribution in [-0.2, 0) is 4.79 Å². The zero-order valence-electron chi connectivity index (χ0n) is 7.34. The number of allylic oxidation sites excluding steroid dienone is 2. The molecule has 0 spiro atoms. The molecular formula is C10H16O. The van der Waals surface area contributed by atoms with Gasteiger partial charge in [0.2, 0.25) is 0 Å². The molecule has 0 radical (unpaired) electrons. The van der Waals surface area contributed by atoms with Crippen molar-refractivity contribution >= 4 is 5.78 Å². The van der Waals surface area contributed by atoms with E-state index < -0.39 is 0 Å². The molecule has 0 saturated heterocycles. The molecule has 0 heterocycles. The monoisotopic (exact) mass is 152 g/mol. The summed E-state index contributed by atoms with van der Waals surface area (Å²) in [7, 11) is 0. The standard InChI is InChI=1S/C10H16O/c1-3-8(2)9-5-4-6-10(11)7-9/h4,6,8-9H,3,5,7H2,1-2H3/t8?,9-/m0/s1. The summed E-state index contributed by atoms with van der Waals surface area (Å²) >= 11 is 0. The average molecular weight is 152 g/mol. The van der Waals surface area contributed by atoms with Crippen molar-refractivity contribution in [2.45, 2.75) is 33.1 Å². The molecule has 2 atom stereocenters. The van der Waals surface area contributed by atoms with Gasteiger partial charge in [0.05, 0.1) is 0 Å². The van der Waals surface area contributed by atoms with Crippen molar-refractivity contribution in [3.8, 4) is 0 Å². The first-order valence-electron chi connectivity index (χ1n) is 4.43. The summed E-state index contributed by atoms with van der Waals surface area (Å²) in [5.74, 6) is 1.61.